The molecule has 1 amide bonds. The molecule has 0 radical (unpaired) electrons. The van der Waals surface area contributed by atoms with E-state index in [-0.39, 0.29) is 22.2 Å². The SMILES string of the molecule is C[C@@H]1S[C@@H](c2ccc([N+](=O)[O-])cc2)N(CC2CC2)C1=O. The first kappa shape index (κ1) is 13.4. The van der Waals surface area contributed by atoms with Crippen LogP contribution in [-0.2, 0) is 4.79 Å². The molecule has 0 spiro atoms. The molecule has 1 saturated carbocycles. The maximum Gasteiger partial charge on any atom is 0.269 e. The van der Waals surface area contributed by atoms with E-state index in [9.17, 15) is 14.9 Å². The minimum Gasteiger partial charge on any atom is -0.325 e. The summed E-state index contributed by atoms with van der Waals surface area (Å²) in [5.41, 5.74) is 1.06. The first-order valence-electron chi connectivity index (χ1n) is 6.76. The Bertz CT molecular complexity index is 542. The fourth-order valence-electron chi connectivity index (χ4n) is 2.46. The number of carbonyl (C=O) groups excluding carboxylic acids is 1. The second-order valence-corrected chi connectivity index (χ2v) is 6.84. The molecule has 1 aromatic carbocycles. The first-order chi connectivity index (χ1) is 9.56. The third kappa shape index (κ3) is 2.52. The highest BCUT2D eigenvalue weighted by Gasteiger charge is 2.41. The van der Waals surface area contributed by atoms with Gasteiger partial charge in [-0.05, 0) is 43.4 Å². The maximum atomic E-state index is 12.2. The van der Waals surface area contributed by atoms with Crippen LogP contribution in [0.25, 0.3) is 0 Å². The molecular formula is C14H16N2O3S. The Hall–Kier alpha value is -1.56. The molecule has 1 aromatic rings. The predicted octanol–water partition coefficient (Wildman–Crippen LogP) is 2.97. The smallest absolute Gasteiger partial charge is 0.269 e. The van der Waals surface area contributed by atoms with Crippen LogP contribution in [0.15, 0.2) is 24.3 Å². The zero-order chi connectivity index (χ0) is 14.3. The summed E-state index contributed by atoms with van der Waals surface area (Å²) < 4.78 is 0. The van der Waals surface area contributed by atoms with Crippen LogP contribution in [0, 0.1) is 16.0 Å². The summed E-state index contributed by atoms with van der Waals surface area (Å²) in [6.45, 7) is 2.75. The molecule has 2 fully saturated rings. The van der Waals surface area contributed by atoms with E-state index < -0.39 is 4.92 Å². The summed E-state index contributed by atoms with van der Waals surface area (Å²) in [5.74, 6) is 0.829. The number of amides is 1. The molecule has 0 aromatic heterocycles. The maximum absolute atomic E-state index is 12.2. The van der Waals surface area contributed by atoms with Gasteiger partial charge in [-0.2, -0.15) is 0 Å². The Morgan fingerprint density at radius 1 is 1.35 bits per heavy atom. The van der Waals surface area contributed by atoms with Crippen LogP contribution in [0.5, 0.6) is 0 Å². The predicted molar refractivity (Wildman–Crippen MR) is 77.3 cm³/mol. The molecule has 3 rings (SSSR count). The van der Waals surface area contributed by atoms with Crippen molar-refractivity contribution in [2.24, 2.45) is 5.92 Å². The summed E-state index contributed by atoms with van der Waals surface area (Å²) in [6.07, 6.45) is 2.41. The Balaban J connectivity index is 1.82. The van der Waals surface area contributed by atoms with Gasteiger partial charge in [0.1, 0.15) is 5.37 Å². The van der Waals surface area contributed by atoms with Crippen LogP contribution in [0.3, 0.4) is 0 Å². The number of thioether (sulfide) groups is 1. The first-order valence-corrected chi connectivity index (χ1v) is 7.71. The van der Waals surface area contributed by atoms with Gasteiger partial charge in [-0.1, -0.05) is 0 Å². The molecule has 2 aliphatic rings. The summed E-state index contributed by atoms with van der Waals surface area (Å²) >= 11 is 1.63. The lowest BCUT2D eigenvalue weighted by Crippen LogP contribution is -2.32. The van der Waals surface area contributed by atoms with E-state index in [0.29, 0.717) is 5.92 Å². The van der Waals surface area contributed by atoms with Crippen molar-refractivity contribution in [3.8, 4) is 0 Å². The van der Waals surface area contributed by atoms with E-state index in [1.807, 2.05) is 11.8 Å². The fourth-order valence-corrected chi connectivity index (χ4v) is 3.75. The molecule has 1 heterocycles. The summed E-state index contributed by atoms with van der Waals surface area (Å²) in [7, 11) is 0. The highest BCUT2D eigenvalue weighted by molar-refractivity contribution is 8.01. The van der Waals surface area contributed by atoms with Gasteiger partial charge in [0, 0.05) is 18.7 Å². The number of hydrogen-bond acceptors (Lipinski definition) is 4. The third-order valence-corrected chi connectivity index (χ3v) is 5.18. The number of non-ortho nitro benzene ring substituents is 1. The third-order valence-electron chi connectivity index (χ3n) is 3.79. The van der Waals surface area contributed by atoms with Gasteiger partial charge in [-0.25, -0.2) is 0 Å². The number of benzene rings is 1. The zero-order valence-corrected chi connectivity index (χ0v) is 12.0. The van der Waals surface area contributed by atoms with Crippen molar-refractivity contribution in [2.45, 2.75) is 30.4 Å². The topological polar surface area (TPSA) is 63.5 Å². The molecule has 6 heteroatoms. The van der Waals surface area contributed by atoms with Crippen LogP contribution >= 0.6 is 11.8 Å². The number of carbonyl (C=O) groups is 1. The average Bonchev–Trinajstić information content (AvgIpc) is 3.21. The number of nitrogens with zero attached hydrogens (tertiary/aromatic N) is 2. The summed E-state index contributed by atoms with van der Waals surface area (Å²) in [5, 5.41) is 10.7. The van der Waals surface area contributed by atoms with Crippen molar-refractivity contribution in [2.75, 3.05) is 6.54 Å². The van der Waals surface area contributed by atoms with Crippen molar-refractivity contribution >= 4 is 23.4 Å². The number of hydrogen-bond donors (Lipinski definition) is 0. The largest absolute Gasteiger partial charge is 0.325 e. The van der Waals surface area contributed by atoms with Gasteiger partial charge in [0.25, 0.3) is 5.69 Å². The lowest BCUT2D eigenvalue weighted by atomic mass is 10.1. The number of nitro benzene ring substituents is 1. The number of nitro groups is 1. The van der Waals surface area contributed by atoms with Crippen LogP contribution in [0.2, 0.25) is 0 Å². The van der Waals surface area contributed by atoms with Gasteiger partial charge in [-0.3, -0.25) is 14.9 Å². The lowest BCUT2D eigenvalue weighted by Gasteiger charge is -2.24. The van der Waals surface area contributed by atoms with Gasteiger partial charge in [0.2, 0.25) is 5.91 Å². The molecule has 106 valence electrons. The van der Waals surface area contributed by atoms with E-state index in [2.05, 4.69) is 0 Å². The Morgan fingerprint density at radius 2 is 2.00 bits per heavy atom. The quantitative estimate of drug-likeness (QED) is 0.632. The van der Waals surface area contributed by atoms with Gasteiger partial charge in [0.05, 0.1) is 10.2 Å². The standard InChI is InChI=1S/C14H16N2O3S/c1-9-13(17)15(8-10-2-3-10)14(20-9)11-4-6-12(7-5-11)16(18)19/h4-7,9-10,14H,2-3,8H2,1H3/t9-,14-/m0/s1. The Kier molecular flexibility index (Phi) is 3.41. The normalized spacial score (nSPS) is 26.1. The van der Waals surface area contributed by atoms with Crippen molar-refractivity contribution in [3.05, 3.63) is 39.9 Å². The highest BCUT2D eigenvalue weighted by Crippen LogP contribution is 2.45. The lowest BCUT2D eigenvalue weighted by molar-refractivity contribution is -0.384. The second-order valence-electron chi connectivity index (χ2n) is 5.41. The molecule has 1 saturated heterocycles. The Morgan fingerprint density at radius 3 is 2.55 bits per heavy atom. The average molecular weight is 292 g/mol. The minimum atomic E-state index is -0.401. The molecule has 0 unspecified atom stereocenters. The van der Waals surface area contributed by atoms with Crippen LogP contribution < -0.4 is 0 Å². The van der Waals surface area contributed by atoms with Gasteiger partial charge in [-0.15, -0.1) is 11.8 Å². The van der Waals surface area contributed by atoms with E-state index in [0.717, 1.165) is 12.1 Å². The van der Waals surface area contributed by atoms with Gasteiger partial charge in [0.15, 0.2) is 0 Å². The van der Waals surface area contributed by atoms with Crippen molar-refractivity contribution < 1.29 is 9.72 Å². The van der Waals surface area contributed by atoms with Crippen molar-refractivity contribution in [1.29, 1.82) is 0 Å². The molecule has 2 atom stereocenters. The highest BCUT2D eigenvalue weighted by atomic mass is 32.2. The van der Waals surface area contributed by atoms with E-state index in [4.69, 9.17) is 0 Å². The van der Waals surface area contributed by atoms with Crippen molar-refractivity contribution in [3.63, 3.8) is 0 Å². The number of rotatable bonds is 4. The molecule has 1 aliphatic heterocycles. The van der Waals surface area contributed by atoms with Gasteiger partial charge >= 0.3 is 0 Å². The monoisotopic (exact) mass is 292 g/mol. The Labute approximate surface area is 121 Å². The van der Waals surface area contributed by atoms with Crippen molar-refractivity contribution in [1.82, 2.24) is 4.90 Å². The van der Waals surface area contributed by atoms with Gasteiger partial charge < -0.3 is 4.90 Å². The summed E-state index contributed by atoms with van der Waals surface area (Å²) in [4.78, 5) is 24.5. The molecule has 5 nitrogen and oxygen atoms in total. The van der Waals surface area contributed by atoms with Crippen LogP contribution in [0.1, 0.15) is 30.7 Å². The molecule has 0 N–H and O–H groups in total. The second kappa shape index (κ2) is 5.09. The van der Waals surface area contributed by atoms with E-state index >= 15 is 0 Å². The molecular weight excluding hydrogens is 276 g/mol. The minimum absolute atomic E-state index is 0.00101. The fraction of sp³-hybridized carbons (Fsp3) is 0.500. The zero-order valence-electron chi connectivity index (χ0n) is 11.2. The van der Waals surface area contributed by atoms with Crippen LogP contribution in [-0.4, -0.2) is 27.5 Å². The van der Waals surface area contributed by atoms with Crippen LogP contribution in [0.4, 0.5) is 5.69 Å². The van der Waals surface area contributed by atoms with E-state index in [1.54, 1.807) is 23.9 Å². The summed E-state index contributed by atoms with van der Waals surface area (Å²) in [6, 6.07) is 6.55. The molecule has 1 aliphatic carbocycles. The molecule has 0 bridgehead atoms. The molecule has 20 heavy (non-hydrogen) atoms. The van der Waals surface area contributed by atoms with E-state index in [1.165, 1.54) is 25.0 Å².